The minimum absolute atomic E-state index is 0.157. The molecule has 1 unspecified atom stereocenters. The third-order valence-electron chi connectivity index (χ3n) is 1.60. The van der Waals surface area contributed by atoms with Gasteiger partial charge in [-0.1, -0.05) is 17.7 Å². The summed E-state index contributed by atoms with van der Waals surface area (Å²) >= 11 is 5.78. The predicted octanol–water partition coefficient (Wildman–Crippen LogP) is 1.04. The van der Waals surface area contributed by atoms with Crippen LogP contribution in [0.25, 0.3) is 0 Å². The Hall–Kier alpha value is -0.640. The van der Waals surface area contributed by atoms with Crippen molar-refractivity contribution in [2.24, 2.45) is 5.73 Å². The van der Waals surface area contributed by atoms with Crippen LogP contribution in [0.3, 0.4) is 0 Å². The van der Waals surface area contributed by atoms with E-state index < -0.39 is 6.10 Å². The lowest BCUT2D eigenvalue weighted by atomic mass is 10.1. The molecular formula is C8H11ClN2O. The number of pyridine rings is 1. The number of aliphatic hydroxyl groups excluding tert-OH is 1. The normalized spacial score (nSPS) is 13.0. The summed E-state index contributed by atoms with van der Waals surface area (Å²) in [6.07, 6.45) is -0.717. The second kappa shape index (κ2) is 3.85. The summed E-state index contributed by atoms with van der Waals surface area (Å²) in [5.41, 5.74) is 6.69. The van der Waals surface area contributed by atoms with Gasteiger partial charge >= 0.3 is 0 Å². The number of hydrogen-bond donors (Lipinski definition) is 2. The van der Waals surface area contributed by atoms with E-state index in [1.807, 2.05) is 6.92 Å². The van der Waals surface area contributed by atoms with E-state index >= 15 is 0 Å². The fourth-order valence-corrected chi connectivity index (χ4v) is 1.23. The molecule has 0 aromatic carbocycles. The molecule has 4 heteroatoms. The molecule has 0 saturated carbocycles. The number of nitrogens with two attached hydrogens (primary N) is 1. The monoisotopic (exact) mass is 186 g/mol. The van der Waals surface area contributed by atoms with Gasteiger partial charge in [0.25, 0.3) is 0 Å². The molecule has 12 heavy (non-hydrogen) atoms. The molecule has 66 valence electrons. The van der Waals surface area contributed by atoms with Crippen molar-refractivity contribution in [3.8, 4) is 0 Å². The van der Waals surface area contributed by atoms with Crippen LogP contribution in [-0.4, -0.2) is 16.6 Å². The fourth-order valence-electron chi connectivity index (χ4n) is 0.911. The number of hydrogen-bond acceptors (Lipinski definition) is 3. The zero-order valence-electron chi connectivity index (χ0n) is 6.79. The molecular weight excluding hydrogens is 176 g/mol. The standard InChI is InChI=1S/C8H11ClN2O/c1-5-2-3-6(7(12)4-10)8(9)11-5/h2-3,7,12H,4,10H2,1H3. The van der Waals surface area contributed by atoms with Crippen LogP contribution in [0, 0.1) is 6.92 Å². The van der Waals surface area contributed by atoms with E-state index in [9.17, 15) is 5.11 Å². The van der Waals surface area contributed by atoms with E-state index in [2.05, 4.69) is 4.98 Å². The Bertz CT molecular complexity index is 278. The van der Waals surface area contributed by atoms with Crippen LogP contribution in [0.15, 0.2) is 12.1 Å². The SMILES string of the molecule is Cc1ccc(C(O)CN)c(Cl)n1. The van der Waals surface area contributed by atoms with E-state index in [-0.39, 0.29) is 6.54 Å². The molecule has 0 aliphatic heterocycles. The van der Waals surface area contributed by atoms with Crippen LogP contribution >= 0.6 is 11.6 Å². The van der Waals surface area contributed by atoms with Crippen LogP contribution < -0.4 is 5.73 Å². The molecule has 1 rings (SSSR count). The molecule has 3 nitrogen and oxygen atoms in total. The van der Waals surface area contributed by atoms with Gasteiger partial charge in [-0.15, -0.1) is 0 Å². The Morgan fingerprint density at radius 1 is 1.67 bits per heavy atom. The van der Waals surface area contributed by atoms with Crippen molar-refractivity contribution in [1.82, 2.24) is 4.98 Å². The van der Waals surface area contributed by atoms with Crippen LogP contribution in [0.5, 0.6) is 0 Å². The Morgan fingerprint density at radius 3 is 2.83 bits per heavy atom. The lowest BCUT2D eigenvalue weighted by Crippen LogP contribution is -2.12. The zero-order chi connectivity index (χ0) is 9.14. The zero-order valence-corrected chi connectivity index (χ0v) is 7.54. The molecule has 0 bridgehead atoms. The van der Waals surface area contributed by atoms with Gasteiger partial charge in [-0.05, 0) is 13.0 Å². The van der Waals surface area contributed by atoms with E-state index in [4.69, 9.17) is 17.3 Å². The van der Waals surface area contributed by atoms with Crippen molar-refractivity contribution >= 4 is 11.6 Å². The molecule has 0 radical (unpaired) electrons. The Balaban J connectivity index is 3.01. The molecule has 0 saturated heterocycles. The van der Waals surface area contributed by atoms with Gasteiger partial charge in [0.15, 0.2) is 0 Å². The second-order valence-electron chi connectivity index (χ2n) is 2.58. The first-order chi connectivity index (χ1) is 5.65. The molecule has 1 heterocycles. The van der Waals surface area contributed by atoms with E-state index in [0.717, 1.165) is 5.69 Å². The largest absolute Gasteiger partial charge is 0.387 e. The van der Waals surface area contributed by atoms with Gasteiger partial charge in [0, 0.05) is 17.8 Å². The average molecular weight is 187 g/mol. The smallest absolute Gasteiger partial charge is 0.135 e. The molecule has 0 spiro atoms. The summed E-state index contributed by atoms with van der Waals surface area (Å²) in [4.78, 5) is 3.99. The molecule has 0 aliphatic rings. The molecule has 3 N–H and O–H groups in total. The third-order valence-corrected chi connectivity index (χ3v) is 1.90. The summed E-state index contributed by atoms with van der Waals surface area (Å²) in [6.45, 7) is 1.99. The lowest BCUT2D eigenvalue weighted by molar-refractivity contribution is 0.186. The Morgan fingerprint density at radius 2 is 2.33 bits per heavy atom. The van der Waals surface area contributed by atoms with Crippen LogP contribution in [0.2, 0.25) is 5.15 Å². The van der Waals surface area contributed by atoms with Crippen molar-refractivity contribution in [2.75, 3.05) is 6.54 Å². The average Bonchev–Trinajstić information content (AvgIpc) is 2.03. The van der Waals surface area contributed by atoms with Crippen LogP contribution in [0.1, 0.15) is 17.4 Å². The minimum atomic E-state index is -0.717. The van der Waals surface area contributed by atoms with Crippen molar-refractivity contribution in [1.29, 1.82) is 0 Å². The highest BCUT2D eigenvalue weighted by Crippen LogP contribution is 2.20. The quantitative estimate of drug-likeness (QED) is 0.679. The maximum atomic E-state index is 9.35. The van der Waals surface area contributed by atoms with Gasteiger partial charge in [0.05, 0.1) is 6.10 Å². The van der Waals surface area contributed by atoms with E-state index in [0.29, 0.717) is 10.7 Å². The molecule has 1 aromatic heterocycles. The maximum absolute atomic E-state index is 9.35. The number of aryl methyl sites for hydroxylation is 1. The summed E-state index contributed by atoms with van der Waals surface area (Å²) in [5, 5.41) is 9.68. The lowest BCUT2D eigenvalue weighted by Gasteiger charge is -2.09. The van der Waals surface area contributed by atoms with Crippen molar-refractivity contribution in [2.45, 2.75) is 13.0 Å². The topological polar surface area (TPSA) is 59.1 Å². The van der Waals surface area contributed by atoms with E-state index in [1.54, 1.807) is 12.1 Å². The van der Waals surface area contributed by atoms with Gasteiger partial charge in [-0.25, -0.2) is 4.98 Å². The van der Waals surface area contributed by atoms with Gasteiger partial charge in [0.2, 0.25) is 0 Å². The van der Waals surface area contributed by atoms with Crippen LogP contribution in [-0.2, 0) is 0 Å². The molecule has 0 amide bonds. The van der Waals surface area contributed by atoms with E-state index in [1.165, 1.54) is 0 Å². The third kappa shape index (κ3) is 1.94. The fraction of sp³-hybridized carbons (Fsp3) is 0.375. The van der Waals surface area contributed by atoms with Crippen LogP contribution in [0.4, 0.5) is 0 Å². The highest BCUT2D eigenvalue weighted by Gasteiger charge is 2.09. The maximum Gasteiger partial charge on any atom is 0.135 e. The van der Waals surface area contributed by atoms with Gasteiger partial charge < -0.3 is 10.8 Å². The molecule has 0 fully saturated rings. The number of halogens is 1. The molecule has 1 atom stereocenters. The van der Waals surface area contributed by atoms with Gasteiger partial charge in [-0.2, -0.15) is 0 Å². The summed E-state index contributed by atoms with van der Waals surface area (Å²) in [7, 11) is 0. The number of rotatable bonds is 2. The van der Waals surface area contributed by atoms with Crippen molar-refractivity contribution in [3.05, 3.63) is 28.5 Å². The highest BCUT2D eigenvalue weighted by atomic mass is 35.5. The Labute approximate surface area is 76.2 Å². The van der Waals surface area contributed by atoms with Gasteiger partial charge in [0.1, 0.15) is 5.15 Å². The number of aliphatic hydroxyl groups is 1. The first kappa shape index (κ1) is 9.45. The first-order valence-electron chi connectivity index (χ1n) is 3.66. The molecule has 0 aliphatic carbocycles. The number of nitrogens with zero attached hydrogens (tertiary/aromatic N) is 1. The first-order valence-corrected chi connectivity index (χ1v) is 4.04. The summed E-state index contributed by atoms with van der Waals surface area (Å²) in [5.74, 6) is 0. The van der Waals surface area contributed by atoms with Crippen molar-refractivity contribution in [3.63, 3.8) is 0 Å². The Kier molecular flexibility index (Phi) is 3.03. The second-order valence-corrected chi connectivity index (χ2v) is 2.94. The molecule has 1 aromatic rings. The minimum Gasteiger partial charge on any atom is -0.387 e. The predicted molar refractivity (Wildman–Crippen MR) is 48.0 cm³/mol. The van der Waals surface area contributed by atoms with Crippen molar-refractivity contribution < 1.29 is 5.11 Å². The summed E-state index contributed by atoms with van der Waals surface area (Å²) < 4.78 is 0. The number of aromatic nitrogens is 1. The van der Waals surface area contributed by atoms with Gasteiger partial charge in [-0.3, -0.25) is 0 Å². The highest BCUT2D eigenvalue weighted by molar-refractivity contribution is 6.30. The summed E-state index contributed by atoms with van der Waals surface area (Å²) in [6, 6.07) is 3.53.